The predicted octanol–water partition coefficient (Wildman–Crippen LogP) is 2.95. The zero-order valence-electron chi connectivity index (χ0n) is 12.4. The minimum Gasteiger partial charge on any atom is -0.490 e. The lowest BCUT2D eigenvalue weighted by Crippen LogP contribution is -2.31. The average molecular weight is 282 g/mol. The van der Waals surface area contributed by atoms with E-state index in [1.54, 1.807) is 32.0 Å². The summed E-state index contributed by atoms with van der Waals surface area (Å²) in [4.78, 5) is 11.4. The van der Waals surface area contributed by atoms with Gasteiger partial charge in [-0.3, -0.25) is 5.43 Å². The number of hydrogen-bond donors (Lipinski definition) is 2. The van der Waals surface area contributed by atoms with Gasteiger partial charge in [-0.2, -0.15) is 0 Å². The molecule has 0 aliphatic rings. The molecule has 6 heteroatoms. The van der Waals surface area contributed by atoms with E-state index in [2.05, 4.69) is 10.9 Å². The van der Waals surface area contributed by atoms with Gasteiger partial charge in [0.2, 0.25) is 0 Å². The lowest BCUT2D eigenvalue weighted by atomic mass is 10.3. The Bertz CT molecular complexity index is 435. The number of carbonyl (C=O) groups is 1. The molecule has 20 heavy (non-hydrogen) atoms. The molecule has 1 aromatic carbocycles. The van der Waals surface area contributed by atoms with Crippen molar-refractivity contribution >= 4 is 11.8 Å². The first-order valence-corrected chi connectivity index (χ1v) is 6.69. The van der Waals surface area contributed by atoms with Crippen molar-refractivity contribution in [2.45, 2.75) is 33.8 Å². The van der Waals surface area contributed by atoms with Crippen LogP contribution in [0.2, 0.25) is 0 Å². The summed E-state index contributed by atoms with van der Waals surface area (Å²) in [7, 11) is 0. The Morgan fingerprint density at radius 2 is 1.80 bits per heavy atom. The molecule has 0 unspecified atom stereocenters. The van der Waals surface area contributed by atoms with Gasteiger partial charge in [-0.1, -0.05) is 0 Å². The number of rotatable bonds is 7. The highest BCUT2D eigenvalue weighted by molar-refractivity contribution is 5.70. The van der Waals surface area contributed by atoms with E-state index < -0.39 is 6.09 Å². The number of benzene rings is 1. The molecule has 0 spiro atoms. The third kappa shape index (κ3) is 5.26. The minimum atomic E-state index is -0.535. The third-order valence-corrected chi connectivity index (χ3v) is 2.20. The van der Waals surface area contributed by atoms with Crippen molar-refractivity contribution in [1.82, 2.24) is 5.43 Å². The molecule has 0 saturated carbocycles. The van der Waals surface area contributed by atoms with Crippen molar-refractivity contribution in [3.63, 3.8) is 0 Å². The van der Waals surface area contributed by atoms with Crippen LogP contribution in [0, 0.1) is 0 Å². The normalized spacial score (nSPS) is 10.1. The topological polar surface area (TPSA) is 68.8 Å². The lowest BCUT2D eigenvalue weighted by Gasteiger charge is -2.14. The number of ether oxygens (including phenoxy) is 3. The SMILES string of the molecule is CCOc1ccc(NNC(=O)OC(C)C)cc1OCC. The van der Waals surface area contributed by atoms with Gasteiger partial charge in [0.05, 0.1) is 25.0 Å². The number of hydrazine groups is 1. The summed E-state index contributed by atoms with van der Waals surface area (Å²) in [5, 5.41) is 0. The average Bonchev–Trinajstić information content (AvgIpc) is 2.39. The molecule has 1 amide bonds. The zero-order valence-corrected chi connectivity index (χ0v) is 12.4. The summed E-state index contributed by atoms with van der Waals surface area (Å²) in [6.07, 6.45) is -0.706. The molecule has 1 aromatic rings. The maximum Gasteiger partial charge on any atom is 0.426 e. The van der Waals surface area contributed by atoms with E-state index >= 15 is 0 Å². The third-order valence-electron chi connectivity index (χ3n) is 2.20. The van der Waals surface area contributed by atoms with Crippen LogP contribution in [0.15, 0.2) is 18.2 Å². The fourth-order valence-corrected chi connectivity index (χ4v) is 1.50. The monoisotopic (exact) mass is 282 g/mol. The molecule has 0 fully saturated rings. The predicted molar refractivity (Wildman–Crippen MR) is 77.2 cm³/mol. The van der Waals surface area contributed by atoms with E-state index in [1.807, 2.05) is 13.8 Å². The summed E-state index contributed by atoms with van der Waals surface area (Å²) in [6.45, 7) is 8.46. The molecular formula is C14H22N2O4. The molecule has 0 aliphatic heterocycles. The molecule has 0 saturated heterocycles. The van der Waals surface area contributed by atoms with Crippen LogP contribution in [0.5, 0.6) is 11.5 Å². The van der Waals surface area contributed by atoms with Crippen molar-refractivity contribution in [2.24, 2.45) is 0 Å². The largest absolute Gasteiger partial charge is 0.490 e. The fraction of sp³-hybridized carbons (Fsp3) is 0.500. The Balaban J connectivity index is 2.66. The summed E-state index contributed by atoms with van der Waals surface area (Å²) < 4.78 is 15.9. The maximum atomic E-state index is 11.4. The van der Waals surface area contributed by atoms with Crippen LogP contribution in [-0.4, -0.2) is 25.4 Å². The van der Waals surface area contributed by atoms with Crippen LogP contribution in [-0.2, 0) is 4.74 Å². The zero-order chi connectivity index (χ0) is 15.0. The van der Waals surface area contributed by atoms with Gasteiger partial charge in [-0.15, -0.1) is 0 Å². The summed E-state index contributed by atoms with van der Waals surface area (Å²) >= 11 is 0. The lowest BCUT2D eigenvalue weighted by molar-refractivity contribution is 0.117. The molecule has 6 nitrogen and oxygen atoms in total. The molecule has 0 bridgehead atoms. The number of amides is 1. The second kappa shape index (κ2) is 8.14. The van der Waals surface area contributed by atoms with Crippen LogP contribution >= 0.6 is 0 Å². The molecule has 0 radical (unpaired) electrons. The van der Waals surface area contributed by atoms with Crippen LogP contribution in [0.4, 0.5) is 10.5 Å². The second-order valence-electron chi connectivity index (χ2n) is 4.23. The number of nitrogens with one attached hydrogen (secondary N) is 2. The number of carbonyl (C=O) groups excluding carboxylic acids is 1. The van der Waals surface area contributed by atoms with E-state index in [4.69, 9.17) is 14.2 Å². The Morgan fingerprint density at radius 1 is 1.15 bits per heavy atom. The highest BCUT2D eigenvalue weighted by Gasteiger charge is 2.08. The van der Waals surface area contributed by atoms with Crippen LogP contribution in [0.25, 0.3) is 0 Å². The van der Waals surface area contributed by atoms with Gasteiger partial charge in [0.25, 0.3) is 0 Å². The number of anilines is 1. The molecule has 1 rings (SSSR count). The van der Waals surface area contributed by atoms with Crippen LogP contribution in [0.3, 0.4) is 0 Å². The van der Waals surface area contributed by atoms with Gasteiger partial charge in [-0.05, 0) is 39.8 Å². The first-order chi connectivity index (χ1) is 9.56. The standard InChI is InChI=1S/C14H22N2O4/c1-5-18-12-8-7-11(9-13(12)19-6-2)15-16-14(17)20-10(3)4/h7-10,15H,5-6H2,1-4H3,(H,16,17). The number of hydrogen-bond acceptors (Lipinski definition) is 5. The van der Waals surface area contributed by atoms with Crippen molar-refractivity contribution < 1.29 is 19.0 Å². The molecular weight excluding hydrogens is 260 g/mol. The van der Waals surface area contributed by atoms with E-state index in [0.717, 1.165) is 0 Å². The van der Waals surface area contributed by atoms with Gasteiger partial charge in [-0.25, -0.2) is 10.2 Å². The van der Waals surface area contributed by atoms with Gasteiger partial charge in [0.15, 0.2) is 11.5 Å². The smallest absolute Gasteiger partial charge is 0.426 e. The second-order valence-corrected chi connectivity index (χ2v) is 4.23. The maximum absolute atomic E-state index is 11.4. The summed E-state index contributed by atoms with van der Waals surface area (Å²) in [5.41, 5.74) is 5.88. The molecule has 0 heterocycles. The first-order valence-electron chi connectivity index (χ1n) is 6.69. The van der Waals surface area contributed by atoms with Crippen LogP contribution in [0.1, 0.15) is 27.7 Å². The van der Waals surface area contributed by atoms with Crippen molar-refractivity contribution in [3.8, 4) is 11.5 Å². The fourth-order valence-electron chi connectivity index (χ4n) is 1.50. The minimum absolute atomic E-state index is 0.170. The highest BCUT2D eigenvalue weighted by atomic mass is 16.6. The molecule has 0 aromatic heterocycles. The summed E-state index contributed by atoms with van der Waals surface area (Å²) in [6, 6.07) is 5.32. The van der Waals surface area contributed by atoms with E-state index in [9.17, 15) is 4.79 Å². The Kier molecular flexibility index (Phi) is 6.49. The molecule has 112 valence electrons. The van der Waals surface area contributed by atoms with E-state index in [1.165, 1.54) is 0 Å². The van der Waals surface area contributed by atoms with Gasteiger partial charge in [0.1, 0.15) is 0 Å². The van der Waals surface area contributed by atoms with E-state index in [-0.39, 0.29) is 6.10 Å². The Morgan fingerprint density at radius 3 is 2.40 bits per heavy atom. The van der Waals surface area contributed by atoms with Crippen molar-refractivity contribution in [3.05, 3.63) is 18.2 Å². The van der Waals surface area contributed by atoms with Crippen LogP contribution < -0.4 is 20.3 Å². The Hall–Kier alpha value is -2.11. The van der Waals surface area contributed by atoms with Gasteiger partial charge < -0.3 is 14.2 Å². The van der Waals surface area contributed by atoms with Gasteiger partial charge >= 0.3 is 6.09 Å². The van der Waals surface area contributed by atoms with Crippen molar-refractivity contribution in [2.75, 3.05) is 18.6 Å². The molecule has 2 N–H and O–H groups in total. The summed E-state index contributed by atoms with van der Waals surface area (Å²) in [5.74, 6) is 1.29. The Labute approximate surface area is 119 Å². The molecule has 0 aliphatic carbocycles. The molecule has 0 atom stereocenters. The highest BCUT2D eigenvalue weighted by Crippen LogP contribution is 2.30. The van der Waals surface area contributed by atoms with Gasteiger partial charge in [0, 0.05) is 6.07 Å². The quantitative estimate of drug-likeness (QED) is 0.752. The first kappa shape index (κ1) is 15.9. The van der Waals surface area contributed by atoms with E-state index in [0.29, 0.717) is 30.4 Å². The van der Waals surface area contributed by atoms with Crippen molar-refractivity contribution in [1.29, 1.82) is 0 Å².